The van der Waals surface area contributed by atoms with Crippen molar-refractivity contribution >= 4 is 23.0 Å². The van der Waals surface area contributed by atoms with Crippen molar-refractivity contribution in [1.82, 2.24) is 0 Å². The molecule has 2 atom stereocenters. The number of carbonyl (C=O) groups excluding carboxylic acids is 1. The number of esters is 1. The molecule has 0 saturated carbocycles. The van der Waals surface area contributed by atoms with Crippen LogP contribution in [0.15, 0.2) is 41.1 Å². The Labute approximate surface area is 140 Å². The highest BCUT2D eigenvalue weighted by Crippen LogP contribution is 2.25. The molecule has 2 aromatic rings. The van der Waals surface area contributed by atoms with E-state index in [1.165, 1.54) is 11.1 Å². The van der Waals surface area contributed by atoms with Crippen molar-refractivity contribution in [2.75, 3.05) is 18.5 Å². The maximum atomic E-state index is 12.2. The van der Waals surface area contributed by atoms with Crippen LogP contribution >= 0.6 is 11.3 Å². The van der Waals surface area contributed by atoms with Gasteiger partial charge in [-0.2, -0.15) is 11.3 Å². The first-order chi connectivity index (χ1) is 11.3. The van der Waals surface area contributed by atoms with E-state index >= 15 is 0 Å². The zero-order chi connectivity index (χ0) is 16.1. The Kier molecular flexibility index (Phi) is 5.31. The third-order valence-corrected chi connectivity index (χ3v) is 4.62. The summed E-state index contributed by atoms with van der Waals surface area (Å²) in [5, 5.41) is 7.47. The molecule has 1 aromatic carbocycles. The summed E-state index contributed by atoms with van der Waals surface area (Å²) in [4.78, 5) is 12.2. The summed E-state index contributed by atoms with van der Waals surface area (Å²) in [6.07, 6.45) is 1.74. The Morgan fingerprint density at radius 3 is 2.78 bits per heavy atom. The van der Waals surface area contributed by atoms with Gasteiger partial charge in [0.2, 0.25) is 0 Å². The van der Waals surface area contributed by atoms with Crippen LogP contribution in [0.5, 0.6) is 0 Å². The zero-order valence-corrected chi connectivity index (χ0v) is 14.0. The summed E-state index contributed by atoms with van der Waals surface area (Å²) in [6, 6.07) is 9.75. The normalized spacial score (nSPS) is 18.6. The van der Waals surface area contributed by atoms with Gasteiger partial charge < -0.3 is 14.8 Å². The molecule has 2 heterocycles. The number of hydrogen-bond acceptors (Lipinski definition) is 5. The third-order valence-electron chi connectivity index (χ3n) is 3.94. The fraction of sp³-hybridized carbons (Fsp3) is 0.389. The van der Waals surface area contributed by atoms with E-state index in [0.29, 0.717) is 13.2 Å². The van der Waals surface area contributed by atoms with E-state index in [1.807, 2.05) is 19.1 Å². The monoisotopic (exact) mass is 331 g/mol. The summed E-state index contributed by atoms with van der Waals surface area (Å²) in [5.74, 6) is -0.249. The van der Waals surface area contributed by atoms with E-state index in [1.54, 1.807) is 11.3 Å². The number of hydrogen-bond donors (Lipinski definition) is 1. The predicted octanol–water partition coefficient (Wildman–Crippen LogP) is 3.94. The van der Waals surface area contributed by atoms with Gasteiger partial charge in [-0.3, -0.25) is 0 Å². The molecule has 3 rings (SSSR count). The number of thiophene rings is 1. The molecule has 1 saturated heterocycles. The van der Waals surface area contributed by atoms with E-state index in [-0.39, 0.29) is 12.1 Å². The topological polar surface area (TPSA) is 47.6 Å². The van der Waals surface area contributed by atoms with E-state index in [2.05, 4.69) is 34.3 Å². The van der Waals surface area contributed by atoms with Crippen molar-refractivity contribution in [1.29, 1.82) is 0 Å². The van der Waals surface area contributed by atoms with E-state index in [9.17, 15) is 4.79 Å². The van der Waals surface area contributed by atoms with Gasteiger partial charge in [0.05, 0.1) is 12.7 Å². The second-order valence-electron chi connectivity index (χ2n) is 5.51. The summed E-state index contributed by atoms with van der Waals surface area (Å²) in [5.41, 5.74) is 3.28. The first-order valence-corrected chi connectivity index (χ1v) is 8.89. The number of nitrogens with one attached hydrogen (secondary N) is 1. The second kappa shape index (κ2) is 7.62. The molecule has 23 heavy (non-hydrogen) atoms. The van der Waals surface area contributed by atoms with Crippen LogP contribution in [0, 0.1) is 0 Å². The van der Waals surface area contributed by atoms with Crippen molar-refractivity contribution < 1.29 is 14.3 Å². The van der Waals surface area contributed by atoms with Gasteiger partial charge in [0.1, 0.15) is 0 Å². The lowest BCUT2D eigenvalue weighted by molar-refractivity contribution is -0.146. The van der Waals surface area contributed by atoms with Gasteiger partial charge in [-0.15, -0.1) is 0 Å². The van der Waals surface area contributed by atoms with E-state index in [4.69, 9.17) is 9.47 Å². The fourth-order valence-electron chi connectivity index (χ4n) is 2.77. The van der Waals surface area contributed by atoms with Crippen LogP contribution < -0.4 is 5.32 Å². The van der Waals surface area contributed by atoms with Gasteiger partial charge in [0, 0.05) is 12.3 Å². The molecule has 0 bridgehead atoms. The summed E-state index contributed by atoms with van der Waals surface area (Å²) in [6.45, 7) is 2.90. The zero-order valence-electron chi connectivity index (χ0n) is 13.2. The Morgan fingerprint density at radius 2 is 2.17 bits per heavy atom. The largest absolute Gasteiger partial charge is 0.464 e. The molecule has 1 N–H and O–H groups in total. The van der Waals surface area contributed by atoms with Crippen molar-refractivity contribution in [2.24, 2.45) is 0 Å². The van der Waals surface area contributed by atoms with Crippen LogP contribution in [-0.2, 0) is 14.3 Å². The SMILES string of the molecule is CCOC(=O)[C@@H](Nc1ccc(-c2ccsc2)cc1)C1CCCO1. The van der Waals surface area contributed by atoms with Crippen molar-refractivity contribution in [3.05, 3.63) is 41.1 Å². The van der Waals surface area contributed by atoms with Crippen LogP contribution in [0.25, 0.3) is 11.1 Å². The van der Waals surface area contributed by atoms with Gasteiger partial charge in [0.25, 0.3) is 0 Å². The van der Waals surface area contributed by atoms with Gasteiger partial charge in [-0.1, -0.05) is 12.1 Å². The molecule has 1 aromatic heterocycles. The molecule has 0 aliphatic carbocycles. The molecule has 0 radical (unpaired) electrons. The maximum Gasteiger partial charge on any atom is 0.331 e. The number of ether oxygens (including phenoxy) is 2. The quantitative estimate of drug-likeness (QED) is 0.815. The maximum absolute atomic E-state index is 12.2. The summed E-state index contributed by atoms with van der Waals surface area (Å²) in [7, 11) is 0. The highest BCUT2D eigenvalue weighted by atomic mass is 32.1. The van der Waals surface area contributed by atoms with Crippen molar-refractivity contribution in [3.63, 3.8) is 0 Å². The Hall–Kier alpha value is -1.85. The predicted molar refractivity (Wildman–Crippen MR) is 92.8 cm³/mol. The number of benzene rings is 1. The molecule has 1 aliphatic heterocycles. The fourth-order valence-corrected chi connectivity index (χ4v) is 3.43. The molecular formula is C18H21NO3S. The first-order valence-electron chi connectivity index (χ1n) is 7.95. The molecule has 1 aliphatic rings. The lowest BCUT2D eigenvalue weighted by atomic mass is 10.1. The average Bonchev–Trinajstić information content (AvgIpc) is 3.27. The van der Waals surface area contributed by atoms with Crippen LogP contribution in [0.3, 0.4) is 0 Å². The van der Waals surface area contributed by atoms with Crippen molar-refractivity contribution in [2.45, 2.75) is 31.9 Å². The molecule has 4 nitrogen and oxygen atoms in total. The molecule has 0 amide bonds. The minimum Gasteiger partial charge on any atom is -0.464 e. The molecular weight excluding hydrogens is 310 g/mol. The number of anilines is 1. The second-order valence-corrected chi connectivity index (χ2v) is 6.29. The van der Waals surface area contributed by atoms with E-state index in [0.717, 1.165) is 18.5 Å². The summed E-state index contributed by atoms with van der Waals surface area (Å²) >= 11 is 1.68. The molecule has 0 spiro atoms. The summed E-state index contributed by atoms with van der Waals surface area (Å²) < 4.78 is 10.9. The molecule has 122 valence electrons. The van der Waals surface area contributed by atoms with Gasteiger partial charge >= 0.3 is 5.97 Å². The van der Waals surface area contributed by atoms with Gasteiger partial charge in [-0.05, 0) is 59.9 Å². The van der Waals surface area contributed by atoms with Crippen LogP contribution in [0.4, 0.5) is 5.69 Å². The lowest BCUT2D eigenvalue weighted by Gasteiger charge is -2.23. The van der Waals surface area contributed by atoms with Gasteiger partial charge in [0.15, 0.2) is 6.04 Å². The smallest absolute Gasteiger partial charge is 0.331 e. The minimum absolute atomic E-state index is 0.120. The average molecular weight is 331 g/mol. The third kappa shape index (κ3) is 3.92. The first kappa shape index (κ1) is 16.0. The highest BCUT2D eigenvalue weighted by Gasteiger charge is 2.32. The van der Waals surface area contributed by atoms with Gasteiger partial charge in [-0.25, -0.2) is 4.79 Å². The highest BCUT2D eigenvalue weighted by molar-refractivity contribution is 7.08. The van der Waals surface area contributed by atoms with Crippen LogP contribution in [-0.4, -0.2) is 31.3 Å². The van der Waals surface area contributed by atoms with Crippen LogP contribution in [0.2, 0.25) is 0 Å². The molecule has 5 heteroatoms. The minimum atomic E-state index is -0.454. The van der Waals surface area contributed by atoms with Crippen molar-refractivity contribution in [3.8, 4) is 11.1 Å². The van der Waals surface area contributed by atoms with Crippen LogP contribution in [0.1, 0.15) is 19.8 Å². The Morgan fingerprint density at radius 1 is 1.35 bits per heavy atom. The number of rotatable bonds is 6. The Balaban J connectivity index is 1.72. The van der Waals surface area contributed by atoms with E-state index < -0.39 is 6.04 Å². The molecule has 1 unspecified atom stereocenters. The standard InChI is InChI=1S/C18H21NO3S/c1-2-21-18(20)17(16-4-3-10-22-16)19-15-7-5-13(6-8-15)14-9-11-23-12-14/h5-9,11-12,16-17,19H,2-4,10H2,1H3/t16?,17-/m0/s1. The molecule has 1 fully saturated rings. The number of carbonyl (C=O) groups is 1. The lowest BCUT2D eigenvalue weighted by Crippen LogP contribution is -2.41. The Bertz CT molecular complexity index is 618.